The van der Waals surface area contributed by atoms with Crippen LogP contribution in [0, 0.1) is 0 Å². The van der Waals surface area contributed by atoms with Gasteiger partial charge in [-0.05, 0) is 44.9 Å². The van der Waals surface area contributed by atoms with Crippen LogP contribution < -0.4 is 5.32 Å². The number of phosphoric ester groups is 1. The molecule has 0 heterocycles. The highest BCUT2D eigenvalue weighted by Gasteiger charge is 2.27. The number of quaternary nitrogens is 1. The van der Waals surface area contributed by atoms with E-state index >= 15 is 0 Å². The van der Waals surface area contributed by atoms with E-state index in [1.165, 1.54) is 180 Å². The first-order chi connectivity index (χ1) is 30.0. The van der Waals surface area contributed by atoms with Crippen molar-refractivity contribution in [2.24, 2.45) is 0 Å². The minimum Gasteiger partial charge on any atom is -0.387 e. The summed E-state index contributed by atoms with van der Waals surface area (Å²) >= 11 is 0. The van der Waals surface area contributed by atoms with Gasteiger partial charge >= 0.3 is 7.82 Å². The van der Waals surface area contributed by atoms with Crippen LogP contribution in [0.4, 0.5) is 0 Å². The van der Waals surface area contributed by atoms with Gasteiger partial charge in [0.2, 0.25) is 5.91 Å². The van der Waals surface area contributed by atoms with Crippen molar-refractivity contribution in [2.45, 2.75) is 257 Å². The molecule has 0 fully saturated rings. The maximum absolute atomic E-state index is 12.8. The molecule has 0 rings (SSSR count). The predicted molar refractivity (Wildman–Crippen MR) is 268 cm³/mol. The van der Waals surface area contributed by atoms with Gasteiger partial charge < -0.3 is 19.8 Å². The van der Waals surface area contributed by atoms with Gasteiger partial charge in [0.1, 0.15) is 13.2 Å². The van der Waals surface area contributed by atoms with Crippen LogP contribution in [0.1, 0.15) is 245 Å². The lowest BCUT2D eigenvalue weighted by Crippen LogP contribution is -2.45. The molecular formula is C53H104N2O6P+. The molecule has 0 bridgehead atoms. The fourth-order valence-corrected chi connectivity index (χ4v) is 8.40. The Labute approximate surface area is 385 Å². The molecule has 0 aliphatic rings. The lowest BCUT2D eigenvalue weighted by Gasteiger charge is -2.25. The molecule has 62 heavy (non-hydrogen) atoms. The van der Waals surface area contributed by atoms with E-state index in [0.29, 0.717) is 17.4 Å². The maximum Gasteiger partial charge on any atom is 0.472 e. The van der Waals surface area contributed by atoms with Crippen LogP contribution in [0.2, 0.25) is 0 Å². The second-order valence-electron chi connectivity index (χ2n) is 19.2. The topological polar surface area (TPSA) is 105 Å². The Morgan fingerprint density at radius 1 is 0.532 bits per heavy atom. The molecule has 0 saturated carbocycles. The second-order valence-corrected chi connectivity index (χ2v) is 20.7. The van der Waals surface area contributed by atoms with E-state index in [1.54, 1.807) is 6.08 Å². The fraction of sp³-hybridized carbons (Fsp3) is 0.868. The van der Waals surface area contributed by atoms with Crippen LogP contribution in [0.15, 0.2) is 36.5 Å². The first kappa shape index (κ1) is 60.7. The molecule has 0 saturated heterocycles. The highest BCUT2D eigenvalue weighted by Crippen LogP contribution is 2.43. The molecule has 0 aromatic carbocycles. The molecule has 9 heteroatoms. The molecule has 0 radical (unpaired) electrons. The summed E-state index contributed by atoms with van der Waals surface area (Å²) in [5.41, 5.74) is 0. The van der Waals surface area contributed by atoms with Crippen molar-refractivity contribution >= 4 is 13.7 Å². The number of hydrogen-bond donors (Lipinski definition) is 3. The minimum atomic E-state index is -4.35. The smallest absolute Gasteiger partial charge is 0.387 e. The van der Waals surface area contributed by atoms with Crippen LogP contribution in [0.25, 0.3) is 0 Å². The molecule has 0 aliphatic carbocycles. The molecule has 0 aromatic heterocycles. The van der Waals surface area contributed by atoms with Gasteiger partial charge in [0.05, 0.1) is 39.9 Å². The number of phosphoric acid groups is 1. The zero-order chi connectivity index (χ0) is 45.7. The highest BCUT2D eigenvalue weighted by molar-refractivity contribution is 7.47. The summed E-state index contributed by atoms with van der Waals surface area (Å²) in [4.78, 5) is 23.1. The zero-order valence-electron chi connectivity index (χ0n) is 41.6. The Morgan fingerprint density at radius 2 is 0.887 bits per heavy atom. The monoisotopic (exact) mass is 896 g/mol. The van der Waals surface area contributed by atoms with Crippen LogP contribution >= 0.6 is 7.82 Å². The molecule has 0 aliphatic heterocycles. The summed E-state index contributed by atoms with van der Waals surface area (Å²) in [5.74, 6) is -0.193. The van der Waals surface area contributed by atoms with Crippen molar-refractivity contribution in [3.63, 3.8) is 0 Å². The average Bonchev–Trinajstić information content (AvgIpc) is 3.23. The van der Waals surface area contributed by atoms with E-state index in [2.05, 4.69) is 43.5 Å². The largest absolute Gasteiger partial charge is 0.472 e. The van der Waals surface area contributed by atoms with Crippen molar-refractivity contribution in [2.75, 3.05) is 40.9 Å². The summed E-state index contributed by atoms with van der Waals surface area (Å²) in [6.45, 7) is 4.78. The van der Waals surface area contributed by atoms with Gasteiger partial charge in [-0.15, -0.1) is 0 Å². The van der Waals surface area contributed by atoms with Gasteiger partial charge in [-0.3, -0.25) is 13.8 Å². The first-order valence-corrected chi connectivity index (χ1v) is 27.9. The Hall–Kier alpha value is -1.28. The van der Waals surface area contributed by atoms with E-state index in [9.17, 15) is 19.4 Å². The van der Waals surface area contributed by atoms with Gasteiger partial charge in [-0.2, -0.15) is 0 Å². The first-order valence-electron chi connectivity index (χ1n) is 26.4. The van der Waals surface area contributed by atoms with Crippen molar-refractivity contribution in [3.05, 3.63) is 36.5 Å². The quantitative estimate of drug-likeness (QED) is 0.0243. The predicted octanol–water partition coefficient (Wildman–Crippen LogP) is 15.4. The van der Waals surface area contributed by atoms with E-state index in [0.717, 1.165) is 44.9 Å². The number of hydrogen-bond acceptors (Lipinski definition) is 5. The third-order valence-electron chi connectivity index (χ3n) is 11.8. The van der Waals surface area contributed by atoms with Crippen molar-refractivity contribution in [1.29, 1.82) is 0 Å². The van der Waals surface area contributed by atoms with Gasteiger partial charge in [-0.25, -0.2) is 4.57 Å². The van der Waals surface area contributed by atoms with E-state index in [4.69, 9.17) is 9.05 Å². The third kappa shape index (κ3) is 46.7. The van der Waals surface area contributed by atoms with E-state index in [1.807, 2.05) is 27.2 Å². The van der Waals surface area contributed by atoms with Crippen LogP contribution in [-0.4, -0.2) is 73.4 Å². The van der Waals surface area contributed by atoms with Crippen LogP contribution in [0.5, 0.6) is 0 Å². The molecule has 366 valence electrons. The summed E-state index contributed by atoms with van der Waals surface area (Å²) in [6.07, 6.45) is 56.9. The van der Waals surface area contributed by atoms with Crippen molar-refractivity contribution in [3.8, 4) is 0 Å². The SMILES string of the molecule is CCCCCCCCCCCCCCCCCCCCCC/C=C/CC/C=C/CC/C=C/C(O)C(COP(=O)(O)OCC[N+](C)(C)C)NC(=O)CCCCCCCCCCCC. The Balaban J connectivity index is 4.16. The van der Waals surface area contributed by atoms with E-state index in [-0.39, 0.29) is 19.1 Å². The fourth-order valence-electron chi connectivity index (χ4n) is 7.66. The second kappa shape index (κ2) is 44.9. The summed E-state index contributed by atoms with van der Waals surface area (Å²) < 4.78 is 23.5. The lowest BCUT2D eigenvalue weighted by molar-refractivity contribution is -0.870. The number of aliphatic hydroxyl groups is 1. The summed E-state index contributed by atoms with van der Waals surface area (Å²) in [7, 11) is 1.55. The number of nitrogens with one attached hydrogen (secondary N) is 1. The molecule has 3 N–H and O–H groups in total. The normalized spacial score (nSPS) is 14.4. The molecule has 8 nitrogen and oxygen atoms in total. The number of aliphatic hydroxyl groups excluding tert-OH is 1. The number of carbonyl (C=O) groups excluding carboxylic acids is 1. The van der Waals surface area contributed by atoms with Crippen LogP contribution in [0.3, 0.4) is 0 Å². The number of likely N-dealkylation sites (N-methyl/N-ethyl adjacent to an activating group) is 1. The molecule has 0 aromatic rings. The highest BCUT2D eigenvalue weighted by atomic mass is 31.2. The summed E-state index contributed by atoms with van der Waals surface area (Å²) in [6, 6.07) is -0.865. The zero-order valence-corrected chi connectivity index (χ0v) is 42.5. The number of nitrogens with zero attached hydrogens (tertiary/aromatic N) is 1. The number of amides is 1. The number of allylic oxidation sites excluding steroid dienone is 5. The van der Waals surface area contributed by atoms with Crippen molar-refractivity contribution in [1.82, 2.24) is 5.32 Å². The Kier molecular flexibility index (Phi) is 44.0. The molecule has 0 spiro atoms. The molecular weight excluding hydrogens is 792 g/mol. The minimum absolute atomic E-state index is 0.0545. The lowest BCUT2D eigenvalue weighted by atomic mass is 10.0. The van der Waals surface area contributed by atoms with Gasteiger partial charge in [-0.1, -0.05) is 230 Å². The Morgan fingerprint density at radius 3 is 1.29 bits per heavy atom. The summed E-state index contributed by atoms with van der Waals surface area (Å²) in [5, 5.41) is 13.8. The van der Waals surface area contributed by atoms with Crippen molar-refractivity contribution < 1.29 is 32.9 Å². The van der Waals surface area contributed by atoms with Gasteiger partial charge in [0, 0.05) is 6.42 Å². The maximum atomic E-state index is 12.8. The number of unbranched alkanes of at least 4 members (excludes halogenated alkanes) is 31. The Bertz CT molecular complexity index is 1110. The number of carbonyl (C=O) groups is 1. The molecule has 1 amide bonds. The van der Waals surface area contributed by atoms with E-state index < -0.39 is 20.0 Å². The van der Waals surface area contributed by atoms with Crippen LogP contribution in [-0.2, 0) is 18.4 Å². The molecule has 3 unspecified atom stereocenters. The van der Waals surface area contributed by atoms with Gasteiger partial charge in [0.25, 0.3) is 0 Å². The average molecular weight is 896 g/mol. The molecule has 3 atom stereocenters. The van der Waals surface area contributed by atoms with Gasteiger partial charge in [0.15, 0.2) is 0 Å². The third-order valence-corrected chi connectivity index (χ3v) is 12.8. The number of rotatable bonds is 48. The standard InChI is InChI=1S/C53H103N2O6P/c1-6-8-10-12-14-16-18-19-20-21-22-23-24-25-26-27-28-29-30-31-32-33-34-35-36-37-38-40-42-44-46-52(56)51(50-61-62(58,59)60-49-48-55(3,4)5)54-53(57)47-45-43-41-39-17-15-13-11-9-7-2/h33-34,37-38,44,46,51-52,56H,6-32,35-36,39-43,45,47-50H2,1-5H3,(H-,54,57,58,59)/p+1/b34-33+,38-37+,46-44+.